The first-order valence-electron chi connectivity index (χ1n) is 5.30. The second-order valence-corrected chi connectivity index (χ2v) is 4.70. The average molecular weight is 272 g/mol. The van der Waals surface area contributed by atoms with Crippen LogP contribution in [0, 0.1) is 0 Å². The van der Waals surface area contributed by atoms with Gasteiger partial charge in [-0.3, -0.25) is 10.3 Å². The fourth-order valence-corrected chi connectivity index (χ4v) is 2.15. The summed E-state index contributed by atoms with van der Waals surface area (Å²) in [5.74, 6) is 0. The summed E-state index contributed by atoms with van der Waals surface area (Å²) in [6.07, 6.45) is -2.75. The van der Waals surface area contributed by atoms with E-state index in [2.05, 4.69) is 10.3 Å². The van der Waals surface area contributed by atoms with Crippen LogP contribution in [0.1, 0.15) is 16.5 Å². The van der Waals surface area contributed by atoms with E-state index in [9.17, 15) is 13.2 Å². The zero-order valence-corrected chi connectivity index (χ0v) is 10.1. The Labute approximate surface area is 106 Å². The zero-order valence-electron chi connectivity index (χ0n) is 9.32. The minimum absolute atomic E-state index is 0.156. The SMILES string of the molecule is FC(F)(F)C(NCc1cncs1)c1ccccc1. The van der Waals surface area contributed by atoms with Crippen molar-refractivity contribution in [3.63, 3.8) is 0 Å². The third kappa shape index (κ3) is 3.30. The lowest BCUT2D eigenvalue weighted by Gasteiger charge is -2.21. The van der Waals surface area contributed by atoms with Gasteiger partial charge >= 0.3 is 6.18 Å². The maximum Gasteiger partial charge on any atom is 0.407 e. The van der Waals surface area contributed by atoms with Crippen molar-refractivity contribution in [2.75, 3.05) is 0 Å². The van der Waals surface area contributed by atoms with Crippen molar-refractivity contribution in [2.24, 2.45) is 0 Å². The van der Waals surface area contributed by atoms with Crippen molar-refractivity contribution >= 4 is 11.3 Å². The summed E-state index contributed by atoms with van der Waals surface area (Å²) < 4.78 is 38.9. The van der Waals surface area contributed by atoms with E-state index >= 15 is 0 Å². The number of benzene rings is 1. The molecule has 18 heavy (non-hydrogen) atoms. The van der Waals surface area contributed by atoms with E-state index in [4.69, 9.17) is 0 Å². The highest BCUT2D eigenvalue weighted by Crippen LogP contribution is 2.32. The average Bonchev–Trinajstić information content (AvgIpc) is 2.82. The van der Waals surface area contributed by atoms with Gasteiger partial charge in [0.2, 0.25) is 0 Å². The molecule has 1 heterocycles. The van der Waals surface area contributed by atoms with Gasteiger partial charge < -0.3 is 0 Å². The highest BCUT2D eigenvalue weighted by molar-refractivity contribution is 7.09. The third-order valence-electron chi connectivity index (χ3n) is 2.42. The summed E-state index contributed by atoms with van der Waals surface area (Å²) in [6.45, 7) is 0.156. The van der Waals surface area contributed by atoms with Crippen molar-refractivity contribution in [3.05, 3.63) is 52.5 Å². The molecule has 0 amide bonds. The van der Waals surface area contributed by atoms with Crippen LogP contribution in [0.2, 0.25) is 0 Å². The van der Waals surface area contributed by atoms with E-state index in [0.717, 1.165) is 4.88 Å². The number of halogens is 3. The van der Waals surface area contributed by atoms with E-state index in [1.165, 1.54) is 23.5 Å². The van der Waals surface area contributed by atoms with Gasteiger partial charge in [-0.05, 0) is 5.56 Å². The van der Waals surface area contributed by atoms with E-state index in [1.54, 1.807) is 29.9 Å². The zero-order chi connectivity index (χ0) is 13.0. The fraction of sp³-hybridized carbons (Fsp3) is 0.250. The topological polar surface area (TPSA) is 24.9 Å². The molecule has 1 aromatic carbocycles. The second kappa shape index (κ2) is 5.49. The number of aromatic nitrogens is 1. The number of alkyl halides is 3. The van der Waals surface area contributed by atoms with Gasteiger partial charge in [-0.15, -0.1) is 11.3 Å². The van der Waals surface area contributed by atoms with Crippen LogP contribution in [-0.2, 0) is 6.54 Å². The van der Waals surface area contributed by atoms with Crippen molar-refractivity contribution < 1.29 is 13.2 Å². The maximum atomic E-state index is 13.0. The number of rotatable bonds is 4. The molecule has 0 saturated carbocycles. The molecule has 0 aliphatic rings. The van der Waals surface area contributed by atoms with Crippen LogP contribution < -0.4 is 5.32 Å². The number of nitrogens with zero attached hydrogens (tertiary/aromatic N) is 1. The van der Waals surface area contributed by atoms with Gasteiger partial charge in [0, 0.05) is 17.6 Å². The minimum Gasteiger partial charge on any atom is -0.297 e. The highest BCUT2D eigenvalue weighted by Gasteiger charge is 2.40. The van der Waals surface area contributed by atoms with E-state index in [0.29, 0.717) is 0 Å². The number of thiazole rings is 1. The Bertz CT molecular complexity index is 468. The van der Waals surface area contributed by atoms with Crippen LogP contribution in [0.5, 0.6) is 0 Å². The molecule has 1 aromatic heterocycles. The molecular formula is C12H11F3N2S. The minimum atomic E-state index is -4.31. The van der Waals surface area contributed by atoms with Crippen LogP contribution in [0.15, 0.2) is 42.0 Å². The highest BCUT2D eigenvalue weighted by atomic mass is 32.1. The van der Waals surface area contributed by atoms with Crippen LogP contribution in [-0.4, -0.2) is 11.2 Å². The lowest BCUT2D eigenvalue weighted by atomic mass is 10.1. The van der Waals surface area contributed by atoms with Crippen LogP contribution in [0.25, 0.3) is 0 Å². The first kappa shape index (κ1) is 13.0. The molecule has 1 N–H and O–H groups in total. The van der Waals surface area contributed by atoms with Crippen LogP contribution >= 0.6 is 11.3 Å². The largest absolute Gasteiger partial charge is 0.407 e. The number of hydrogen-bond donors (Lipinski definition) is 1. The molecule has 0 radical (unpaired) electrons. The first-order chi connectivity index (χ1) is 8.57. The Balaban J connectivity index is 2.12. The van der Waals surface area contributed by atoms with Gasteiger partial charge in [0.25, 0.3) is 0 Å². The lowest BCUT2D eigenvalue weighted by Crippen LogP contribution is -2.33. The summed E-state index contributed by atoms with van der Waals surface area (Å²) in [6, 6.07) is 6.18. The summed E-state index contributed by atoms with van der Waals surface area (Å²) in [5.41, 5.74) is 1.82. The Hall–Kier alpha value is -1.40. The molecule has 0 spiro atoms. The standard InChI is InChI=1S/C12H11F3N2S/c13-12(14,15)11(9-4-2-1-3-5-9)17-7-10-6-16-8-18-10/h1-6,8,11,17H,7H2. The predicted octanol–water partition coefficient (Wildman–Crippen LogP) is 3.54. The van der Waals surface area contributed by atoms with Crippen molar-refractivity contribution in [1.82, 2.24) is 10.3 Å². The summed E-state index contributed by atoms with van der Waals surface area (Å²) in [7, 11) is 0. The summed E-state index contributed by atoms with van der Waals surface area (Å²) in [4.78, 5) is 4.61. The Morgan fingerprint density at radius 1 is 1.22 bits per heavy atom. The lowest BCUT2D eigenvalue weighted by molar-refractivity contribution is -0.158. The molecule has 0 bridgehead atoms. The quantitative estimate of drug-likeness (QED) is 0.921. The Kier molecular flexibility index (Phi) is 3.98. The molecule has 0 fully saturated rings. The predicted molar refractivity (Wildman–Crippen MR) is 64.2 cm³/mol. The van der Waals surface area contributed by atoms with Gasteiger partial charge in [0.15, 0.2) is 0 Å². The second-order valence-electron chi connectivity index (χ2n) is 3.73. The van der Waals surface area contributed by atoms with Crippen molar-refractivity contribution in [1.29, 1.82) is 0 Å². The van der Waals surface area contributed by atoms with Crippen molar-refractivity contribution in [2.45, 2.75) is 18.8 Å². The van der Waals surface area contributed by atoms with E-state index in [1.807, 2.05) is 0 Å². The van der Waals surface area contributed by atoms with Crippen LogP contribution in [0.4, 0.5) is 13.2 Å². The molecule has 2 aromatic rings. The van der Waals surface area contributed by atoms with Gasteiger partial charge in [0.1, 0.15) is 6.04 Å². The molecule has 1 atom stereocenters. The van der Waals surface area contributed by atoms with Gasteiger partial charge in [-0.2, -0.15) is 13.2 Å². The first-order valence-corrected chi connectivity index (χ1v) is 6.18. The van der Waals surface area contributed by atoms with Gasteiger partial charge in [-0.25, -0.2) is 0 Å². The molecule has 96 valence electrons. The molecule has 0 aliphatic carbocycles. The van der Waals surface area contributed by atoms with E-state index < -0.39 is 12.2 Å². The smallest absolute Gasteiger partial charge is 0.297 e. The molecular weight excluding hydrogens is 261 g/mol. The molecule has 6 heteroatoms. The molecule has 2 rings (SSSR count). The maximum absolute atomic E-state index is 13.0. The molecule has 0 saturated heterocycles. The van der Waals surface area contributed by atoms with E-state index in [-0.39, 0.29) is 12.1 Å². The van der Waals surface area contributed by atoms with Crippen LogP contribution in [0.3, 0.4) is 0 Å². The fourth-order valence-electron chi connectivity index (χ4n) is 1.60. The Morgan fingerprint density at radius 2 is 1.94 bits per heavy atom. The molecule has 2 nitrogen and oxygen atoms in total. The van der Waals surface area contributed by atoms with Gasteiger partial charge in [-0.1, -0.05) is 30.3 Å². The molecule has 0 aliphatic heterocycles. The number of hydrogen-bond acceptors (Lipinski definition) is 3. The monoisotopic (exact) mass is 272 g/mol. The van der Waals surface area contributed by atoms with Crippen molar-refractivity contribution in [3.8, 4) is 0 Å². The normalized spacial score (nSPS) is 13.5. The Morgan fingerprint density at radius 3 is 2.50 bits per heavy atom. The molecule has 1 unspecified atom stereocenters. The number of nitrogens with one attached hydrogen (secondary N) is 1. The van der Waals surface area contributed by atoms with Gasteiger partial charge in [0.05, 0.1) is 5.51 Å². The summed E-state index contributed by atoms with van der Waals surface area (Å²) >= 11 is 1.33. The summed E-state index contributed by atoms with van der Waals surface area (Å²) in [5, 5.41) is 2.52. The third-order valence-corrected chi connectivity index (χ3v) is 3.20.